The number of ketones is 1. The van der Waals surface area contributed by atoms with Crippen LogP contribution in [-0.2, 0) is 6.42 Å². The maximum absolute atomic E-state index is 12.9. The lowest BCUT2D eigenvalue weighted by Crippen LogP contribution is -2.45. The normalized spacial score (nSPS) is 14.1. The molecule has 36 heavy (non-hydrogen) atoms. The van der Waals surface area contributed by atoms with Gasteiger partial charge in [-0.3, -0.25) is 14.4 Å². The Labute approximate surface area is 207 Å². The molecule has 0 spiro atoms. The number of nitrogens with one attached hydrogen (secondary N) is 2. The highest BCUT2D eigenvalue weighted by atomic mass is 16.5. The number of para-hydroxylation sites is 3. The fourth-order valence-electron chi connectivity index (χ4n) is 4.22. The van der Waals surface area contributed by atoms with Gasteiger partial charge in [-0.15, -0.1) is 0 Å². The van der Waals surface area contributed by atoms with Crippen molar-refractivity contribution in [1.29, 1.82) is 0 Å². The Balaban J connectivity index is 1.28. The summed E-state index contributed by atoms with van der Waals surface area (Å²) < 4.78 is 5.66. The van der Waals surface area contributed by atoms with Gasteiger partial charge in [0.15, 0.2) is 11.5 Å². The van der Waals surface area contributed by atoms with Crippen molar-refractivity contribution in [2.45, 2.75) is 25.8 Å². The van der Waals surface area contributed by atoms with Gasteiger partial charge in [-0.1, -0.05) is 30.3 Å². The van der Waals surface area contributed by atoms with E-state index < -0.39 is 11.4 Å². The third kappa shape index (κ3) is 4.48. The number of hydrogen-bond acceptors (Lipinski definition) is 5. The van der Waals surface area contributed by atoms with Crippen molar-refractivity contribution in [3.63, 3.8) is 0 Å². The van der Waals surface area contributed by atoms with E-state index in [0.717, 1.165) is 16.9 Å². The van der Waals surface area contributed by atoms with Gasteiger partial charge in [-0.2, -0.15) is 0 Å². The Hall–Kier alpha value is -4.72. The Bertz CT molecular complexity index is 1510. The molecule has 0 bridgehead atoms. The first-order valence-corrected chi connectivity index (χ1v) is 11.4. The maximum atomic E-state index is 12.9. The number of benzene rings is 3. The van der Waals surface area contributed by atoms with Crippen molar-refractivity contribution in [3.05, 3.63) is 101 Å². The van der Waals surface area contributed by atoms with Gasteiger partial charge in [-0.25, -0.2) is 4.98 Å². The molecule has 180 valence electrons. The summed E-state index contributed by atoms with van der Waals surface area (Å²) in [5.74, 6) is -0.166. The number of allylic oxidation sites excluding steroid dienone is 1. The minimum absolute atomic E-state index is 0.0860. The van der Waals surface area contributed by atoms with Crippen molar-refractivity contribution in [3.8, 4) is 5.75 Å². The molecule has 5 rings (SSSR count). The van der Waals surface area contributed by atoms with Gasteiger partial charge < -0.3 is 20.8 Å². The van der Waals surface area contributed by atoms with Gasteiger partial charge in [0.2, 0.25) is 5.78 Å². The number of nitrogens with two attached hydrogens (primary N) is 1. The lowest BCUT2D eigenvalue weighted by Gasteiger charge is -2.25. The molecule has 2 amide bonds. The number of aromatic nitrogens is 2. The van der Waals surface area contributed by atoms with E-state index in [1.165, 1.54) is 6.07 Å². The second-order valence-electron chi connectivity index (χ2n) is 9.32. The largest absolute Gasteiger partial charge is 0.452 e. The number of H-pyrrole nitrogens is 1. The van der Waals surface area contributed by atoms with Gasteiger partial charge in [0.1, 0.15) is 5.82 Å². The predicted molar refractivity (Wildman–Crippen MR) is 136 cm³/mol. The van der Waals surface area contributed by atoms with Crippen molar-refractivity contribution in [2.75, 3.05) is 0 Å². The monoisotopic (exact) mass is 480 g/mol. The average molecular weight is 481 g/mol. The van der Waals surface area contributed by atoms with Gasteiger partial charge >= 0.3 is 0 Å². The van der Waals surface area contributed by atoms with Gasteiger partial charge in [0.05, 0.1) is 22.2 Å². The molecule has 1 aromatic heterocycles. The molecular formula is C28H24N4O4. The molecule has 0 unspecified atom stereocenters. The third-order valence-corrected chi connectivity index (χ3v) is 5.93. The average Bonchev–Trinajstić information content (AvgIpc) is 3.38. The smallest absolute Gasteiger partial charge is 0.252 e. The molecule has 2 heterocycles. The van der Waals surface area contributed by atoms with Crippen LogP contribution in [0.3, 0.4) is 0 Å². The Kier molecular flexibility index (Phi) is 5.64. The number of carbonyl (C=O) groups is 3. The number of hydrogen-bond donors (Lipinski definition) is 3. The highest BCUT2D eigenvalue weighted by Gasteiger charge is 2.31. The zero-order valence-corrected chi connectivity index (χ0v) is 19.8. The Morgan fingerprint density at radius 1 is 1.06 bits per heavy atom. The second kappa shape index (κ2) is 8.81. The number of ether oxygens (including phenoxy) is 1. The standard InChI is InChI=1S/C28H24N4O4/c1-28(2,15-23-30-20-8-3-4-9-21(20)31-23)32-27(35)17-12-10-16(11-13-17)14-22-24(33)18-6-5-7-19(26(29)34)25(18)36-22/h3-14H,15H2,1-2H3,(H2,29,34)(H,30,31)(H,32,35)/b22-14-. The summed E-state index contributed by atoms with van der Waals surface area (Å²) in [5, 5.41) is 3.06. The van der Waals surface area contributed by atoms with E-state index in [-0.39, 0.29) is 28.8 Å². The van der Waals surface area contributed by atoms with E-state index in [0.29, 0.717) is 23.1 Å². The first-order valence-electron chi connectivity index (χ1n) is 11.4. The molecule has 0 fully saturated rings. The van der Waals surface area contributed by atoms with E-state index in [9.17, 15) is 14.4 Å². The van der Waals surface area contributed by atoms with Crippen LogP contribution >= 0.6 is 0 Å². The number of fused-ring (bicyclic) bond motifs is 2. The fourth-order valence-corrected chi connectivity index (χ4v) is 4.22. The van der Waals surface area contributed by atoms with Crippen LogP contribution in [0.4, 0.5) is 0 Å². The Morgan fingerprint density at radius 2 is 1.81 bits per heavy atom. The van der Waals surface area contributed by atoms with Crippen LogP contribution in [0.5, 0.6) is 5.75 Å². The summed E-state index contributed by atoms with van der Waals surface area (Å²) in [5.41, 5.74) is 8.29. The van der Waals surface area contributed by atoms with Crippen molar-refractivity contribution in [1.82, 2.24) is 15.3 Å². The predicted octanol–water partition coefficient (Wildman–Crippen LogP) is 4.03. The van der Waals surface area contributed by atoms with Crippen molar-refractivity contribution in [2.24, 2.45) is 5.73 Å². The van der Waals surface area contributed by atoms with Crippen LogP contribution in [0, 0.1) is 0 Å². The number of primary amides is 1. The van der Waals surface area contributed by atoms with Crippen LogP contribution in [0.1, 0.15) is 56.3 Å². The number of aromatic amines is 1. The molecule has 8 heteroatoms. The molecule has 0 atom stereocenters. The van der Waals surface area contributed by atoms with Crippen molar-refractivity contribution >= 4 is 34.7 Å². The number of rotatable bonds is 6. The highest BCUT2D eigenvalue weighted by Crippen LogP contribution is 2.35. The lowest BCUT2D eigenvalue weighted by molar-refractivity contribution is 0.0911. The SMILES string of the molecule is CC(C)(Cc1nc2ccccc2[nH]1)NC(=O)c1ccc(/C=C2\Oc3c(C(N)=O)cccc3C2=O)cc1. The molecule has 8 nitrogen and oxygen atoms in total. The number of nitrogens with zero attached hydrogens (tertiary/aromatic N) is 1. The molecule has 0 radical (unpaired) electrons. The molecule has 4 aromatic rings. The molecule has 0 saturated heterocycles. The minimum Gasteiger partial charge on any atom is -0.452 e. The van der Waals surface area contributed by atoms with E-state index >= 15 is 0 Å². The quantitative estimate of drug-likeness (QED) is 0.359. The zero-order chi connectivity index (χ0) is 25.4. The molecule has 4 N–H and O–H groups in total. The number of amides is 2. The summed E-state index contributed by atoms with van der Waals surface area (Å²) in [4.78, 5) is 45.1. The maximum Gasteiger partial charge on any atom is 0.252 e. The van der Waals surface area contributed by atoms with E-state index in [1.807, 2.05) is 38.1 Å². The van der Waals surface area contributed by atoms with Crippen LogP contribution in [0.25, 0.3) is 17.1 Å². The van der Waals surface area contributed by atoms with E-state index in [1.54, 1.807) is 42.5 Å². The van der Waals surface area contributed by atoms with Crippen molar-refractivity contribution < 1.29 is 19.1 Å². The van der Waals surface area contributed by atoms with E-state index in [2.05, 4.69) is 15.3 Å². The zero-order valence-electron chi connectivity index (χ0n) is 19.8. The van der Waals surface area contributed by atoms with Crippen LogP contribution < -0.4 is 15.8 Å². The summed E-state index contributed by atoms with van der Waals surface area (Å²) in [6, 6.07) is 19.3. The second-order valence-corrected chi connectivity index (χ2v) is 9.32. The number of carbonyl (C=O) groups excluding carboxylic acids is 3. The molecular weight excluding hydrogens is 456 g/mol. The molecule has 0 aliphatic carbocycles. The summed E-state index contributed by atoms with van der Waals surface area (Å²) in [6.45, 7) is 3.88. The molecule has 1 aliphatic rings. The topological polar surface area (TPSA) is 127 Å². The molecule has 1 aliphatic heterocycles. The molecule has 3 aromatic carbocycles. The Morgan fingerprint density at radius 3 is 2.53 bits per heavy atom. The minimum atomic E-state index is -0.667. The van der Waals surface area contributed by atoms with Gasteiger partial charge in [0, 0.05) is 17.5 Å². The summed E-state index contributed by atoms with van der Waals surface area (Å²) in [6.07, 6.45) is 2.10. The van der Waals surface area contributed by atoms with Crippen LogP contribution in [0.2, 0.25) is 0 Å². The summed E-state index contributed by atoms with van der Waals surface area (Å²) in [7, 11) is 0. The first kappa shape index (κ1) is 23.0. The van der Waals surface area contributed by atoms with Gasteiger partial charge in [0.25, 0.3) is 11.8 Å². The first-order chi connectivity index (χ1) is 17.2. The van der Waals surface area contributed by atoms with Crippen LogP contribution in [-0.4, -0.2) is 33.1 Å². The molecule has 0 saturated carbocycles. The number of Topliss-reactive ketones (excluding diaryl/α,β-unsaturated/α-hetero) is 1. The number of imidazole rings is 1. The van der Waals surface area contributed by atoms with E-state index in [4.69, 9.17) is 10.5 Å². The van der Waals surface area contributed by atoms with Gasteiger partial charge in [-0.05, 0) is 61.9 Å². The third-order valence-electron chi connectivity index (χ3n) is 5.93. The lowest BCUT2D eigenvalue weighted by atomic mass is 9.99. The van der Waals surface area contributed by atoms with Crippen LogP contribution in [0.15, 0.2) is 72.5 Å². The fraction of sp³-hybridized carbons (Fsp3) is 0.143. The summed E-state index contributed by atoms with van der Waals surface area (Å²) >= 11 is 0. The highest BCUT2D eigenvalue weighted by molar-refractivity contribution is 6.16.